The Balaban J connectivity index is 2.26. The highest BCUT2D eigenvalue weighted by molar-refractivity contribution is 7.98. The Bertz CT molecular complexity index is 594. The number of nitrogens with one attached hydrogen (secondary N) is 1. The van der Waals surface area contributed by atoms with Gasteiger partial charge < -0.3 is 0 Å². The topological polar surface area (TPSA) is 55.9 Å². The molecule has 2 rings (SSSR count). The number of aromatic nitrogens is 2. The van der Waals surface area contributed by atoms with Gasteiger partial charge in [0.1, 0.15) is 0 Å². The fraction of sp³-hybridized carbons (Fsp3) is 0.400. The number of halogens is 1. The lowest BCUT2D eigenvalue weighted by Crippen LogP contribution is -2.30. The van der Waals surface area contributed by atoms with Crippen LogP contribution in [0.25, 0.3) is 0 Å². The second-order valence-corrected chi connectivity index (χ2v) is 6.12. The van der Waals surface area contributed by atoms with Crippen LogP contribution in [0.1, 0.15) is 29.9 Å². The summed E-state index contributed by atoms with van der Waals surface area (Å²) in [6.45, 7) is 4.78. The zero-order valence-electron chi connectivity index (χ0n) is 12.6. The largest absolute Gasteiger partial charge is 0.271 e. The minimum Gasteiger partial charge on any atom is -0.271 e. The van der Waals surface area contributed by atoms with Crippen LogP contribution in [-0.2, 0) is 13.0 Å². The first-order valence-corrected chi connectivity index (χ1v) is 8.52. The molecule has 0 aliphatic rings. The highest BCUT2D eigenvalue weighted by Crippen LogP contribution is 2.27. The third kappa shape index (κ3) is 3.61. The predicted octanol–water partition coefficient (Wildman–Crippen LogP) is 3.33. The van der Waals surface area contributed by atoms with Crippen LogP contribution in [-0.4, -0.2) is 16.0 Å². The van der Waals surface area contributed by atoms with Crippen molar-refractivity contribution in [2.75, 3.05) is 6.26 Å². The van der Waals surface area contributed by atoms with Crippen LogP contribution in [0.15, 0.2) is 29.2 Å². The molecule has 6 heteroatoms. The van der Waals surface area contributed by atoms with Gasteiger partial charge in [0.15, 0.2) is 0 Å². The summed E-state index contributed by atoms with van der Waals surface area (Å²) in [5, 5.41) is 5.18. The summed E-state index contributed by atoms with van der Waals surface area (Å²) in [6.07, 6.45) is 2.78. The SMILES string of the molecule is CCn1nc(C)c(Cl)c1CC(NN)c1ccc(SC)cc1. The maximum atomic E-state index is 6.37. The number of nitrogens with two attached hydrogens (primary N) is 1. The molecule has 0 spiro atoms. The minimum absolute atomic E-state index is 0.0137. The molecule has 0 saturated carbocycles. The molecule has 114 valence electrons. The molecule has 0 aliphatic heterocycles. The molecular weight excluding hydrogens is 304 g/mol. The van der Waals surface area contributed by atoms with E-state index in [0.29, 0.717) is 6.42 Å². The van der Waals surface area contributed by atoms with Crippen LogP contribution in [0, 0.1) is 6.92 Å². The Morgan fingerprint density at radius 2 is 2.05 bits per heavy atom. The van der Waals surface area contributed by atoms with Crippen LogP contribution in [0.3, 0.4) is 0 Å². The van der Waals surface area contributed by atoms with Crippen molar-refractivity contribution in [3.8, 4) is 0 Å². The summed E-state index contributed by atoms with van der Waals surface area (Å²) >= 11 is 8.10. The molecule has 0 amide bonds. The van der Waals surface area contributed by atoms with Crippen LogP contribution in [0.2, 0.25) is 5.02 Å². The van der Waals surface area contributed by atoms with Crippen LogP contribution in [0.5, 0.6) is 0 Å². The lowest BCUT2D eigenvalue weighted by Gasteiger charge is -2.17. The molecule has 21 heavy (non-hydrogen) atoms. The van der Waals surface area contributed by atoms with Crippen molar-refractivity contribution in [2.24, 2.45) is 5.84 Å². The van der Waals surface area contributed by atoms with Gasteiger partial charge in [-0.05, 0) is 37.8 Å². The van der Waals surface area contributed by atoms with E-state index >= 15 is 0 Å². The monoisotopic (exact) mass is 324 g/mol. The van der Waals surface area contributed by atoms with E-state index in [-0.39, 0.29) is 6.04 Å². The number of aryl methyl sites for hydroxylation is 2. The van der Waals surface area contributed by atoms with E-state index in [1.165, 1.54) is 4.90 Å². The molecule has 0 aliphatic carbocycles. The predicted molar refractivity (Wildman–Crippen MR) is 89.6 cm³/mol. The van der Waals surface area contributed by atoms with Gasteiger partial charge in [-0.3, -0.25) is 16.0 Å². The van der Waals surface area contributed by atoms with Crippen LogP contribution >= 0.6 is 23.4 Å². The number of thioether (sulfide) groups is 1. The van der Waals surface area contributed by atoms with Crippen molar-refractivity contribution in [2.45, 2.75) is 37.8 Å². The smallest absolute Gasteiger partial charge is 0.0847 e. The molecule has 0 saturated heterocycles. The molecule has 1 aromatic carbocycles. The number of hydrogen-bond donors (Lipinski definition) is 2. The van der Waals surface area contributed by atoms with Crippen molar-refractivity contribution in [3.63, 3.8) is 0 Å². The summed E-state index contributed by atoms with van der Waals surface area (Å²) in [5.41, 5.74) is 5.92. The van der Waals surface area contributed by atoms with E-state index in [0.717, 1.165) is 28.5 Å². The third-order valence-corrected chi connectivity index (χ3v) is 4.80. The quantitative estimate of drug-likeness (QED) is 0.486. The van der Waals surface area contributed by atoms with E-state index in [9.17, 15) is 0 Å². The third-order valence-electron chi connectivity index (χ3n) is 3.57. The lowest BCUT2D eigenvalue weighted by atomic mass is 10.0. The molecular formula is C15H21ClN4S. The van der Waals surface area contributed by atoms with Gasteiger partial charge in [0.25, 0.3) is 0 Å². The maximum absolute atomic E-state index is 6.37. The summed E-state index contributed by atoms with van der Waals surface area (Å²) < 4.78 is 1.94. The van der Waals surface area contributed by atoms with Crippen LogP contribution in [0.4, 0.5) is 0 Å². The Morgan fingerprint density at radius 1 is 1.38 bits per heavy atom. The van der Waals surface area contributed by atoms with Gasteiger partial charge in [0.2, 0.25) is 0 Å². The second-order valence-electron chi connectivity index (χ2n) is 4.86. The highest BCUT2D eigenvalue weighted by Gasteiger charge is 2.18. The average Bonchev–Trinajstić information content (AvgIpc) is 2.80. The molecule has 1 unspecified atom stereocenters. The summed E-state index contributed by atoms with van der Waals surface area (Å²) in [4.78, 5) is 1.24. The van der Waals surface area contributed by atoms with Crippen molar-refractivity contribution < 1.29 is 0 Å². The number of rotatable bonds is 6. The molecule has 3 N–H and O–H groups in total. The number of hydrogen-bond acceptors (Lipinski definition) is 4. The fourth-order valence-corrected chi connectivity index (χ4v) is 2.99. The first-order valence-electron chi connectivity index (χ1n) is 6.92. The van der Waals surface area contributed by atoms with Crippen molar-refractivity contribution >= 4 is 23.4 Å². The Hall–Kier alpha value is -1.01. The maximum Gasteiger partial charge on any atom is 0.0847 e. The number of benzene rings is 1. The molecule has 1 atom stereocenters. The Labute approximate surface area is 135 Å². The summed E-state index contributed by atoms with van der Waals surface area (Å²) in [6, 6.07) is 8.43. The van der Waals surface area contributed by atoms with Gasteiger partial charge in [0, 0.05) is 17.9 Å². The van der Waals surface area contributed by atoms with E-state index in [1.54, 1.807) is 11.8 Å². The average molecular weight is 325 g/mol. The molecule has 1 aromatic heterocycles. The molecule has 0 bridgehead atoms. The second kappa shape index (κ2) is 7.31. The van der Waals surface area contributed by atoms with Crippen molar-refractivity contribution in [1.82, 2.24) is 15.2 Å². The van der Waals surface area contributed by atoms with Crippen LogP contribution < -0.4 is 11.3 Å². The van der Waals surface area contributed by atoms with E-state index < -0.39 is 0 Å². The Morgan fingerprint density at radius 3 is 2.57 bits per heavy atom. The van der Waals surface area contributed by atoms with Gasteiger partial charge in [-0.15, -0.1) is 11.8 Å². The zero-order chi connectivity index (χ0) is 15.4. The number of nitrogens with zero attached hydrogens (tertiary/aromatic N) is 2. The van der Waals surface area contributed by atoms with Crippen molar-refractivity contribution in [3.05, 3.63) is 46.2 Å². The van der Waals surface area contributed by atoms with E-state index in [4.69, 9.17) is 17.4 Å². The molecule has 1 heterocycles. The van der Waals surface area contributed by atoms with Crippen molar-refractivity contribution in [1.29, 1.82) is 0 Å². The summed E-state index contributed by atoms with van der Waals surface area (Å²) in [5.74, 6) is 5.74. The van der Waals surface area contributed by atoms with Gasteiger partial charge >= 0.3 is 0 Å². The summed E-state index contributed by atoms with van der Waals surface area (Å²) in [7, 11) is 0. The highest BCUT2D eigenvalue weighted by atomic mass is 35.5. The lowest BCUT2D eigenvalue weighted by molar-refractivity contribution is 0.517. The van der Waals surface area contributed by atoms with E-state index in [1.807, 2.05) is 11.6 Å². The van der Waals surface area contributed by atoms with Gasteiger partial charge in [-0.2, -0.15) is 5.10 Å². The molecule has 0 fully saturated rings. The number of hydrazine groups is 1. The Kier molecular flexibility index (Phi) is 5.70. The molecule has 2 aromatic rings. The minimum atomic E-state index is 0.0137. The first-order chi connectivity index (χ1) is 10.1. The standard InChI is InChI=1S/C15H21ClN4S/c1-4-20-14(15(16)10(2)19-20)9-13(18-17)11-5-7-12(21-3)8-6-11/h5-8,13,18H,4,9,17H2,1-3H3. The van der Waals surface area contributed by atoms with Gasteiger partial charge in [-0.25, -0.2) is 0 Å². The fourth-order valence-electron chi connectivity index (χ4n) is 2.37. The van der Waals surface area contributed by atoms with Gasteiger partial charge in [-0.1, -0.05) is 23.7 Å². The van der Waals surface area contributed by atoms with E-state index in [2.05, 4.69) is 48.0 Å². The molecule has 4 nitrogen and oxygen atoms in total. The molecule has 0 radical (unpaired) electrons. The first kappa shape index (κ1) is 16.4. The van der Waals surface area contributed by atoms with Gasteiger partial charge in [0.05, 0.1) is 22.5 Å². The normalized spacial score (nSPS) is 12.6. The zero-order valence-corrected chi connectivity index (χ0v) is 14.1.